The van der Waals surface area contributed by atoms with Crippen LogP contribution in [0.25, 0.3) is 0 Å². The Bertz CT molecular complexity index is 404. The van der Waals surface area contributed by atoms with E-state index in [4.69, 9.17) is 0 Å². The van der Waals surface area contributed by atoms with Gasteiger partial charge in [0.1, 0.15) is 5.82 Å². The number of hydrogen-bond donors (Lipinski definition) is 2. The van der Waals surface area contributed by atoms with Crippen LogP contribution in [0.5, 0.6) is 0 Å². The van der Waals surface area contributed by atoms with E-state index in [2.05, 4.69) is 10.6 Å². The van der Waals surface area contributed by atoms with Gasteiger partial charge < -0.3 is 10.6 Å². The molecule has 1 aliphatic rings. The van der Waals surface area contributed by atoms with Crippen LogP contribution in [-0.2, 0) is 0 Å². The van der Waals surface area contributed by atoms with Gasteiger partial charge in [-0.2, -0.15) is 0 Å². The minimum Gasteiger partial charge on any atom is -0.350 e. The lowest BCUT2D eigenvalue weighted by Gasteiger charge is -2.12. The molecule has 0 radical (unpaired) electrons. The third-order valence-electron chi connectivity index (χ3n) is 2.86. The SMILES string of the molecule is Cl.O=C(NCC1CCCN1)c1c(F)cccc1I. The molecule has 1 unspecified atom stereocenters. The number of benzene rings is 1. The zero-order chi connectivity index (χ0) is 12.3. The molecule has 100 valence electrons. The average molecular weight is 385 g/mol. The van der Waals surface area contributed by atoms with Crippen LogP contribution < -0.4 is 10.6 Å². The molecule has 3 nitrogen and oxygen atoms in total. The van der Waals surface area contributed by atoms with Gasteiger partial charge in [-0.1, -0.05) is 6.07 Å². The van der Waals surface area contributed by atoms with E-state index in [0.717, 1.165) is 19.4 Å². The van der Waals surface area contributed by atoms with Gasteiger partial charge in [0.2, 0.25) is 0 Å². The molecule has 0 saturated carbocycles. The molecule has 1 atom stereocenters. The molecule has 0 aromatic heterocycles. The van der Waals surface area contributed by atoms with Crippen molar-refractivity contribution in [3.8, 4) is 0 Å². The monoisotopic (exact) mass is 384 g/mol. The molecule has 1 fully saturated rings. The van der Waals surface area contributed by atoms with Gasteiger partial charge in [-0.3, -0.25) is 4.79 Å². The van der Waals surface area contributed by atoms with Crippen molar-refractivity contribution >= 4 is 40.9 Å². The summed E-state index contributed by atoms with van der Waals surface area (Å²) in [5.74, 6) is -0.796. The fourth-order valence-electron chi connectivity index (χ4n) is 1.95. The molecular formula is C12H15ClFIN2O. The van der Waals surface area contributed by atoms with Crippen molar-refractivity contribution < 1.29 is 9.18 Å². The van der Waals surface area contributed by atoms with Gasteiger partial charge in [-0.15, -0.1) is 12.4 Å². The van der Waals surface area contributed by atoms with Gasteiger partial charge in [0.05, 0.1) is 5.56 Å². The summed E-state index contributed by atoms with van der Waals surface area (Å²) >= 11 is 1.97. The predicted octanol–water partition coefficient (Wildman–Crippen LogP) is 2.33. The molecule has 18 heavy (non-hydrogen) atoms. The van der Waals surface area contributed by atoms with Crippen LogP contribution in [0.4, 0.5) is 4.39 Å². The van der Waals surface area contributed by atoms with Crippen molar-refractivity contribution in [1.82, 2.24) is 10.6 Å². The summed E-state index contributed by atoms with van der Waals surface area (Å²) in [7, 11) is 0. The topological polar surface area (TPSA) is 41.1 Å². The summed E-state index contributed by atoms with van der Waals surface area (Å²) in [5.41, 5.74) is 0.145. The van der Waals surface area contributed by atoms with Crippen molar-refractivity contribution in [3.63, 3.8) is 0 Å². The molecule has 1 heterocycles. The van der Waals surface area contributed by atoms with E-state index in [1.54, 1.807) is 12.1 Å². The molecule has 0 aliphatic carbocycles. The molecular weight excluding hydrogens is 370 g/mol. The second-order valence-electron chi connectivity index (χ2n) is 4.10. The van der Waals surface area contributed by atoms with E-state index in [9.17, 15) is 9.18 Å². The summed E-state index contributed by atoms with van der Waals surface area (Å²) in [6.07, 6.45) is 2.20. The average Bonchev–Trinajstić information content (AvgIpc) is 2.79. The van der Waals surface area contributed by atoms with Crippen molar-refractivity contribution in [2.24, 2.45) is 0 Å². The second-order valence-corrected chi connectivity index (χ2v) is 5.26. The summed E-state index contributed by atoms with van der Waals surface area (Å²) in [6.45, 7) is 1.56. The Kier molecular flexibility index (Phi) is 6.31. The number of halogens is 3. The number of nitrogens with one attached hydrogen (secondary N) is 2. The van der Waals surface area contributed by atoms with Crippen LogP contribution in [0.3, 0.4) is 0 Å². The van der Waals surface area contributed by atoms with Crippen LogP contribution >= 0.6 is 35.0 Å². The van der Waals surface area contributed by atoms with Crippen molar-refractivity contribution in [1.29, 1.82) is 0 Å². The summed E-state index contributed by atoms with van der Waals surface area (Å²) < 4.78 is 14.2. The van der Waals surface area contributed by atoms with Crippen LogP contribution in [0, 0.1) is 9.39 Å². The minimum atomic E-state index is -0.464. The largest absolute Gasteiger partial charge is 0.350 e. The van der Waals surface area contributed by atoms with Gasteiger partial charge in [0.15, 0.2) is 0 Å². The van der Waals surface area contributed by atoms with Crippen LogP contribution in [-0.4, -0.2) is 25.0 Å². The smallest absolute Gasteiger partial charge is 0.255 e. The van der Waals surface area contributed by atoms with E-state index in [1.165, 1.54) is 6.07 Å². The Morgan fingerprint density at radius 1 is 1.56 bits per heavy atom. The molecule has 6 heteroatoms. The van der Waals surface area contributed by atoms with Crippen molar-refractivity contribution in [3.05, 3.63) is 33.1 Å². The molecule has 1 aliphatic heterocycles. The number of carbonyl (C=O) groups excluding carboxylic acids is 1. The Morgan fingerprint density at radius 2 is 2.33 bits per heavy atom. The lowest BCUT2D eigenvalue weighted by atomic mass is 10.2. The van der Waals surface area contributed by atoms with Crippen molar-refractivity contribution in [2.75, 3.05) is 13.1 Å². The van der Waals surface area contributed by atoms with E-state index in [-0.39, 0.29) is 23.9 Å². The molecule has 2 rings (SSSR count). The highest BCUT2D eigenvalue weighted by Crippen LogP contribution is 2.15. The highest BCUT2D eigenvalue weighted by Gasteiger charge is 2.18. The summed E-state index contributed by atoms with van der Waals surface area (Å²) in [4.78, 5) is 11.9. The summed E-state index contributed by atoms with van der Waals surface area (Å²) in [6, 6.07) is 4.97. The number of amides is 1. The first-order valence-electron chi connectivity index (χ1n) is 5.64. The molecule has 1 aromatic rings. The van der Waals surface area contributed by atoms with E-state index in [1.807, 2.05) is 22.6 Å². The normalized spacial score (nSPS) is 18.2. The van der Waals surface area contributed by atoms with E-state index >= 15 is 0 Å². The number of hydrogen-bond acceptors (Lipinski definition) is 2. The highest BCUT2D eigenvalue weighted by atomic mass is 127. The molecule has 1 aromatic carbocycles. The Balaban J connectivity index is 0.00000162. The maximum absolute atomic E-state index is 13.5. The predicted molar refractivity (Wildman–Crippen MR) is 79.7 cm³/mol. The first-order valence-corrected chi connectivity index (χ1v) is 6.72. The standard InChI is InChI=1S/C12H14FIN2O.ClH/c13-9-4-1-5-10(14)11(9)12(17)16-7-8-3-2-6-15-8;/h1,4-5,8,15H,2-3,6-7H2,(H,16,17);1H. The highest BCUT2D eigenvalue weighted by molar-refractivity contribution is 14.1. The van der Waals surface area contributed by atoms with Gasteiger partial charge >= 0.3 is 0 Å². The van der Waals surface area contributed by atoms with Crippen LogP contribution in [0.15, 0.2) is 18.2 Å². The molecule has 0 spiro atoms. The number of rotatable bonds is 3. The van der Waals surface area contributed by atoms with E-state index < -0.39 is 5.82 Å². The zero-order valence-corrected chi connectivity index (χ0v) is 12.7. The third-order valence-corrected chi connectivity index (χ3v) is 3.76. The number of carbonyl (C=O) groups is 1. The van der Waals surface area contributed by atoms with Gasteiger partial charge in [-0.05, 0) is 54.1 Å². The third kappa shape index (κ3) is 3.80. The van der Waals surface area contributed by atoms with Gasteiger partial charge in [-0.25, -0.2) is 4.39 Å². The molecule has 2 N–H and O–H groups in total. The molecule has 0 bridgehead atoms. The lowest BCUT2D eigenvalue weighted by Crippen LogP contribution is -2.37. The van der Waals surface area contributed by atoms with Crippen LogP contribution in [0.2, 0.25) is 0 Å². The molecule has 1 amide bonds. The fourth-order valence-corrected chi connectivity index (χ4v) is 2.66. The summed E-state index contributed by atoms with van der Waals surface area (Å²) in [5, 5.41) is 6.06. The van der Waals surface area contributed by atoms with E-state index in [0.29, 0.717) is 16.2 Å². The fraction of sp³-hybridized carbons (Fsp3) is 0.417. The maximum atomic E-state index is 13.5. The zero-order valence-electron chi connectivity index (χ0n) is 9.71. The first kappa shape index (κ1) is 15.7. The van der Waals surface area contributed by atoms with Gasteiger partial charge in [0.25, 0.3) is 5.91 Å². The minimum absolute atomic E-state index is 0. The first-order chi connectivity index (χ1) is 8.18. The quantitative estimate of drug-likeness (QED) is 0.786. The second kappa shape index (κ2) is 7.25. The maximum Gasteiger partial charge on any atom is 0.255 e. The lowest BCUT2D eigenvalue weighted by molar-refractivity contribution is 0.0945. The van der Waals surface area contributed by atoms with Crippen molar-refractivity contribution in [2.45, 2.75) is 18.9 Å². The van der Waals surface area contributed by atoms with Crippen LogP contribution in [0.1, 0.15) is 23.2 Å². The Hall–Kier alpha value is -0.400. The molecule has 1 saturated heterocycles. The Morgan fingerprint density at radius 3 is 2.94 bits per heavy atom. The van der Waals surface area contributed by atoms with Gasteiger partial charge in [0, 0.05) is 16.2 Å². The Labute approximate surface area is 125 Å².